The van der Waals surface area contributed by atoms with E-state index in [1.54, 1.807) is 0 Å². The van der Waals surface area contributed by atoms with Crippen LogP contribution in [0.15, 0.2) is 4.99 Å². The van der Waals surface area contributed by atoms with Crippen LogP contribution >= 0.6 is 0 Å². The van der Waals surface area contributed by atoms with Gasteiger partial charge in [-0.2, -0.15) is 0 Å². The Balaban J connectivity index is 2.04. The van der Waals surface area contributed by atoms with E-state index >= 15 is 0 Å². The summed E-state index contributed by atoms with van der Waals surface area (Å²) in [5.74, 6) is 1.56. The zero-order valence-corrected chi connectivity index (χ0v) is 7.66. The molecule has 3 fully saturated rings. The van der Waals surface area contributed by atoms with E-state index in [0.717, 1.165) is 18.3 Å². The fourth-order valence-electron chi connectivity index (χ4n) is 2.34. The highest BCUT2D eigenvalue weighted by Gasteiger charge is 2.33. The molecule has 68 valence electrons. The fourth-order valence-corrected chi connectivity index (χ4v) is 2.34. The van der Waals surface area contributed by atoms with E-state index in [4.69, 9.17) is 5.73 Å². The smallest absolute Gasteiger partial charge is 0.0909 e. The molecule has 2 N–H and O–H groups in total. The first-order chi connectivity index (χ1) is 5.75. The van der Waals surface area contributed by atoms with Crippen molar-refractivity contribution in [2.24, 2.45) is 16.6 Å². The van der Waals surface area contributed by atoms with Gasteiger partial charge in [-0.15, -0.1) is 0 Å². The molecular formula is C9H17N3. The molecule has 3 nitrogen and oxygen atoms in total. The SMILES string of the molecule is CC(N)=NC1CN2CCC1CC2. The number of rotatable bonds is 1. The molecular weight excluding hydrogens is 150 g/mol. The van der Waals surface area contributed by atoms with Gasteiger partial charge in [-0.05, 0) is 38.8 Å². The molecule has 0 saturated carbocycles. The van der Waals surface area contributed by atoms with Gasteiger partial charge in [0.2, 0.25) is 0 Å². The summed E-state index contributed by atoms with van der Waals surface area (Å²) >= 11 is 0. The Bertz CT molecular complexity index is 188. The summed E-state index contributed by atoms with van der Waals surface area (Å²) in [6, 6.07) is 0.498. The molecule has 3 heteroatoms. The van der Waals surface area contributed by atoms with Crippen LogP contribution in [0.2, 0.25) is 0 Å². The van der Waals surface area contributed by atoms with Crippen molar-refractivity contribution in [2.45, 2.75) is 25.8 Å². The molecule has 3 aliphatic rings. The van der Waals surface area contributed by atoms with E-state index in [1.165, 1.54) is 25.9 Å². The summed E-state index contributed by atoms with van der Waals surface area (Å²) in [5, 5.41) is 0. The lowest BCUT2D eigenvalue weighted by atomic mass is 9.84. The van der Waals surface area contributed by atoms with Gasteiger partial charge in [0.15, 0.2) is 0 Å². The van der Waals surface area contributed by atoms with Gasteiger partial charge in [0.25, 0.3) is 0 Å². The number of nitrogens with zero attached hydrogens (tertiary/aromatic N) is 2. The average Bonchev–Trinajstić information content (AvgIpc) is 2.05. The van der Waals surface area contributed by atoms with Gasteiger partial charge in [-0.3, -0.25) is 4.99 Å². The van der Waals surface area contributed by atoms with Gasteiger partial charge in [0.05, 0.1) is 11.9 Å². The van der Waals surface area contributed by atoms with Crippen molar-refractivity contribution >= 4 is 5.84 Å². The molecule has 0 spiro atoms. The number of hydrogen-bond donors (Lipinski definition) is 1. The van der Waals surface area contributed by atoms with E-state index in [9.17, 15) is 0 Å². The Morgan fingerprint density at radius 1 is 1.42 bits per heavy atom. The monoisotopic (exact) mass is 167 g/mol. The Morgan fingerprint density at radius 2 is 2.08 bits per heavy atom. The summed E-state index contributed by atoms with van der Waals surface area (Å²) in [4.78, 5) is 6.97. The quantitative estimate of drug-likeness (QED) is 0.455. The number of hydrogen-bond acceptors (Lipinski definition) is 2. The minimum atomic E-state index is 0.498. The van der Waals surface area contributed by atoms with Crippen LogP contribution in [0, 0.1) is 5.92 Å². The van der Waals surface area contributed by atoms with Gasteiger partial charge >= 0.3 is 0 Å². The molecule has 3 rings (SSSR count). The maximum absolute atomic E-state index is 5.59. The standard InChI is InChI=1S/C9H17N3/c1-7(10)11-9-6-12-4-2-8(9)3-5-12/h8-9H,2-6H2,1H3,(H2,10,11). The van der Waals surface area contributed by atoms with E-state index in [1.807, 2.05) is 6.92 Å². The molecule has 3 heterocycles. The summed E-state index contributed by atoms with van der Waals surface area (Å²) < 4.78 is 0. The molecule has 0 aromatic carbocycles. The van der Waals surface area contributed by atoms with Crippen molar-refractivity contribution in [3.63, 3.8) is 0 Å². The molecule has 1 atom stereocenters. The maximum Gasteiger partial charge on any atom is 0.0909 e. The van der Waals surface area contributed by atoms with Crippen LogP contribution in [0.5, 0.6) is 0 Å². The third-order valence-electron chi connectivity index (χ3n) is 2.99. The van der Waals surface area contributed by atoms with Crippen molar-refractivity contribution in [1.29, 1.82) is 0 Å². The second-order valence-corrected chi connectivity index (χ2v) is 3.98. The minimum Gasteiger partial charge on any atom is -0.388 e. The molecule has 12 heavy (non-hydrogen) atoms. The van der Waals surface area contributed by atoms with Crippen LogP contribution in [-0.4, -0.2) is 36.4 Å². The van der Waals surface area contributed by atoms with Crippen molar-refractivity contribution in [1.82, 2.24) is 4.90 Å². The van der Waals surface area contributed by atoms with E-state index in [2.05, 4.69) is 9.89 Å². The van der Waals surface area contributed by atoms with Crippen LogP contribution in [-0.2, 0) is 0 Å². The van der Waals surface area contributed by atoms with Gasteiger partial charge in [-0.25, -0.2) is 0 Å². The normalized spacial score (nSPS) is 41.8. The zero-order valence-electron chi connectivity index (χ0n) is 7.66. The maximum atomic E-state index is 5.59. The first-order valence-electron chi connectivity index (χ1n) is 4.78. The summed E-state index contributed by atoms with van der Waals surface area (Å²) in [6.07, 6.45) is 2.64. The van der Waals surface area contributed by atoms with Gasteiger partial charge in [0, 0.05) is 6.54 Å². The van der Waals surface area contributed by atoms with Crippen LogP contribution < -0.4 is 5.73 Å². The highest BCUT2D eigenvalue weighted by molar-refractivity contribution is 5.77. The highest BCUT2D eigenvalue weighted by Crippen LogP contribution is 2.29. The minimum absolute atomic E-state index is 0.498. The number of amidine groups is 1. The molecule has 3 saturated heterocycles. The molecule has 0 radical (unpaired) electrons. The summed E-state index contributed by atoms with van der Waals surface area (Å²) in [7, 11) is 0. The number of piperidine rings is 3. The molecule has 2 bridgehead atoms. The first kappa shape index (κ1) is 8.05. The van der Waals surface area contributed by atoms with E-state index in [-0.39, 0.29) is 0 Å². The van der Waals surface area contributed by atoms with Crippen LogP contribution in [0.3, 0.4) is 0 Å². The first-order valence-corrected chi connectivity index (χ1v) is 4.78. The van der Waals surface area contributed by atoms with Crippen molar-refractivity contribution < 1.29 is 0 Å². The lowest BCUT2D eigenvalue weighted by Crippen LogP contribution is -2.50. The third kappa shape index (κ3) is 1.46. The van der Waals surface area contributed by atoms with Gasteiger partial charge in [-0.1, -0.05) is 0 Å². The molecule has 0 amide bonds. The van der Waals surface area contributed by atoms with Crippen LogP contribution in [0.25, 0.3) is 0 Å². The largest absolute Gasteiger partial charge is 0.388 e. The third-order valence-corrected chi connectivity index (χ3v) is 2.99. The summed E-state index contributed by atoms with van der Waals surface area (Å²) in [6.45, 7) is 5.58. The van der Waals surface area contributed by atoms with Gasteiger partial charge in [0.1, 0.15) is 0 Å². The topological polar surface area (TPSA) is 41.6 Å². The predicted octanol–water partition coefficient (Wildman–Crippen LogP) is 0.458. The van der Waals surface area contributed by atoms with Crippen molar-refractivity contribution in [3.8, 4) is 0 Å². The zero-order chi connectivity index (χ0) is 8.55. The average molecular weight is 167 g/mol. The Labute approximate surface area is 73.6 Å². The van der Waals surface area contributed by atoms with Crippen molar-refractivity contribution in [3.05, 3.63) is 0 Å². The molecule has 1 unspecified atom stereocenters. The lowest BCUT2D eigenvalue weighted by Gasteiger charge is -2.43. The predicted molar refractivity (Wildman–Crippen MR) is 50.2 cm³/mol. The Morgan fingerprint density at radius 3 is 2.50 bits per heavy atom. The van der Waals surface area contributed by atoms with E-state index in [0.29, 0.717) is 6.04 Å². The molecule has 0 aromatic heterocycles. The van der Waals surface area contributed by atoms with Crippen LogP contribution in [0.1, 0.15) is 19.8 Å². The van der Waals surface area contributed by atoms with Crippen LogP contribution in [0.4, 0.5) is 0 Å². The van der Waals surface area contributed by atoms with E-state index < -0.39 is 0 Å². The Hall–Kier alpha value is -0.570. The number of fused-ring (bicyclic) bond motifs is 3. The fraction of sp³-hybridized carbons (Fsp3) is 0.889. The Kier molecular flexibility index (Phi) is 2.05. The molecule has 3 aliphatic heterocycles. The highest BCUT2D eigenvalue weighted by atomic mass is 15.2. The molecule has 0 aliphatic carbocycles. The number of aliphatic imine (C=N–C) groups is 1. The number of nitrogens with two attached hydrogens (primary N) is 1. The summed E-state index contributed by atoms with van der Waals surface area (Å²) in [5.41, 5.74) is 5.59. The second kappa shape index (κ2) is 3.05. The molecule has 0 aromatic rings. The lowest BCUT2D eigenvalue weighted by molar-refractivity contribution is 0.0905. The van der Waals surface area contributed by atoms with Crippen molar-refractivity contribution in [2.75, 3.05) is 19.6 Å². The van der Waals surface area contributed by atoms with Gasteiger partial charge < -0.3 is 10.6 Å². The second-order valence-electron chi connectivity index (χ2n) is 3.98.